The first-order valence-corrected chi connectivity index (χ1v) is 6.91. The minimum Gasteiger partial charge on any atom is -0.381 e. The number of benzene rings is 2. The Morgan fingerprint density at radius 2 is 1.29 bits per heavy atom. The summed E-state index contributed by atoms with van der Waals surface area (Å²) < 4.78 is 1.98. The van der Waals surface area contributed by atoms with Crippen LogP contribution >= 0.6 is 31.9 Å². The minimum atomic E-state index is -0.918. The van der Waals surface area contributed by atoms with Crippen LogP contribution in [-0.2, 0) is 5.60 Å². The molecule has 17 heavy (non-hydrogen) atoms. The molecule has 0 saturated carbocycles. The zero-order chi connectivity index (χ0) is 12.2. The molecule has 0 spiro atoms. The lowest BCUT2D eigenvalue weighted by molar-refractivity contribution is 0.107. The first-order valence-electron chi connectivity index (χ1n) is 5.33. The van der Waals surface area contributed by atoms with Crippen LogP contribution in [0.2, 0.25) is 0 Å². The Morgan fingerprint density at radius 3 is 1.71 bits per heavy atom. The van der Waals surface area contributed by atoms with E-state index in [-0.39, 0.29) is 0 Å². The molecule has 1 aliphatic rings. The first kappa shape index (κ1) is 11.5. The topological polar surface area (TPSA) is 20.2 Å². The van der Waals surface area contributed by atoms with Gasteiger partial charge in [0.1, 0.15) is 5.60 Å². The number of aliphatic hydroxyl groups is 1. The highest BCUT2D eigenvalue weighted by Gasteiger charge is 2.37. The normalized spacial score (nSPS) is 15.5. The molecule has 0 saturated heterocycles. The lowest BCUT2D eigenvalue weighted by atomic mass is 9.94. The second-order valence-corrected chi connectivity index (χ2v) is 6.28. The molecule has 0 fully saturated rings. The summed E-state index contributed by atoms with van der Waals surface area (Å²) in [6.07, 6.45) is 0. The van der Waals surface area contributed by atoms with Crippen molar-refractivity contribution in [1.29, 1.82) is 0 Å². The van der Waals surface area contributed by atoms with Crippen LogP contribution in [0.5, 0.6) is 0 Å². The van der Waals surface area contributed by atoms with Crippen molar-refractivity contribution in [1.82, 2.24) is 0 Å². The second-order valence-electron chi connectivity index (χ2n) is 4.45. The summed E-state index contributed by atoms with van der Waals surface area (Å²) in [5, 5.41) is 10.7. The van der Waals surface area contributed by atoms with Crippen molar-refractivity contribution in [3.63, 3.8) is 0 Å². The van der Waals surface area contributed by atoms with Gasteiger partial charge in [0, 0.05) is 8.95 Å². The number of rotatable bonds is 0. The van der Waals surface area contributed by atoms with Crippen molar-refractivity contribution in [3.8, 4) is 11.1 Å². The molecule has 86 valence electrons. The van der Waals surface area contributed by atoms with E-state index in [0.717, 1.165) is 31.2 Å². The fourth-order valence-electron chi connectivity index (χ4n) is 2.45. The van der Waals surface area contributed by atoms with Crippen LogP contribution < -0.4 is 0 Å². The van der Waals surface area contributed by atoms with Gasteiger partial charge in [0.2, 0.25) is 0 Å². The monoisotopic (exact) mass is 352 g/mol. The SMILES string of the molecule is CC1(O)c2cc(Br)ccc2-c2ccc(Br)cc21. The van der Waals surface area contributed by atoms with Crippen LogP contribution in [0.25, 0.3) is 11.1 Å². The van der Waals surface area contributed by atoms with E-state index < -0.39 is 5.60 Å². The molecule has 3 rings (SSSR count). The summed E-state index contributed by atoms with van der Waals surface area (Å²) in [5.74, 6) is 0. The summed E-state index contributed by atoms with van der Waals surface area (Å²) in [4.78, 5) is 0. The van der Waals surface area contributed by atoms with Crippen LogP contribution in [0.1, 0.15) is 18.1 Å². The molecule has 0 atom stereocenters. The van der Waals surface area contributed by atoms with Gasteiger partial charge in [-0.05, 0) is 53.4 Å². The van der Waals surface area contributed by atoms with Crippen molar-refractivity contribution in [3.05, 3.63) is 56.5 Å². The van der Waals surface area contributed by atoms with Crippen LogP contribution in [0.3, 0.4) is 0 Å². The van der Waals surface area contributed by atoms with Crippen molar-refractivity contribution >= 4 is 31.9 Å². The summed E-state index contributed by atoms with van der Waals surface area (Å²) in [6, 6.07) is 12.1. The van der Waals surface area contributed by atoms with Crippen LogP contribution in [0.4, 0.5) is 0 Å². The van der Waals surface area contributed by atoms with Gasteiger partial charge in [0.05, 0.1) is 0 Å². The van der Waals surface area contributed by atoms with E-state index in [4.69, 9.17) is 0 Å². The van der Waals surface area contributed by atoms with Gasteiger partial charge in [-0.25, -0.2) is 0 Å². The third kappa shape index (κ3) is 1.60. The fraction of sp³-hybridized carbons (Fsp3) is 0.143. The fourth-order valence-corrected chi connectivity index (χ4v) is 3.18. The third-order valence-corrected chi connectivity index (χ3v) is 4.29. The van der Waals surface area contributed by atoms with Crippen LogP contribution in [0.15, 0.2) is 45.3 Å². The van der Waals surface area contributed by atoms with E-state index in [1.54, 1.807) is 0 Å². The molecule has 0 aliphatic heterocycles. The summed E-state index contributed by atoms with van der Waals surface area (Å²) in [5.41, 5.74) is 3.22. The lowest BCUT2D eigenvalue weighted by Crippen LogP contribution is -2.19. The number of hydrogen-bond acceptors (Lipinski definition) is 1. The zero-order valence-electron chi connectivity index (χ0n) is 9.17. The quantitative estimate of drug-likeness (QED) is 0.741. The highest BCUT2D eigenvalue weighted by Crippen LogP contribution is 2.48. The molecule has 0 aromatic heterocycles. The number of hydrogen-bond donors (Lipinski definition) is 1. The zero-order valence-corrected chi connectivity index (χ0v) is 12.3. The standard InChI is InChI=1S/C14H10Br2O/c1-14(17)12-6-8(15)2-4-10(12)11-5-3-9(16)7-13(11)14/h2-7,17H,1H3. The molecule has 0 unspecified atom stereocenters. The predicted molar refractivity (Wildman–Crippen MR) is 76.0 cm³/mol. The summed E-state index contributed by atoms with van der Waals surface area (Å²) >= 11 is 6.91. The Bertz CT molecular complexity index is 564. The average molecular weight is 354 g/mol. The van der Waals surface area contributed by atoms with E-state index in [9.17, 15) is 5.11 Å². The molecule has 0 amide bonds. The summed E-state index contributed by atoms with van der Waals surface area (Å²) in [6.45, 7) is 1.84. The largest absolute Gasteiger partial charge is 0.381 e. The van der Waals surface area contributed by atoms with E-state index in [1.165, 1.54) is 0 Å². The van der Waals surface area contributed by atoms with Gasteiger partial charge >= 0.3 is 0 Å². The molecule has 2 aromatic carbocycles. The molecular formula is C14H10Br2O. The second kappa shape index (κ2) is 3.67. The molecular weight excluding hydrogens is 344 g/mol. The number of fused-ring (bicyclic) bond motifs is 3. The maximum absolute atomic E-state index is 10.7. The highest BCUT2D eigenvalue weighted by atomic mass is 79.9. The Kier molecular flexibility index (Phi) is 2.47. The number of halogens is 2. The Balaban J connectivity index is 2.37. The lowest BCUT2D eigenvalue weighted by Gasteiger charge is -2.20. The minimum absolute atomic E-state index is 0.918. The van der Waals surface area contributed by atoms with Gasteiger partial charge in [-0.1, -0.05) is 44.0 Å². The van der Waals surface area contributed by atoms with Crippen molar-refractivity contribution in [2.45, 2.75) is 12.5 Å². The molecule has 1 aliphatic carbocycles. The van der Waals surface area contributed by atoms with E-state index >= 15 is 0 Å². The summed E-state index contributed by atoms with van der Waals surface area (Å²) in [7, 11) is 0. The van der Waals surface area contributed by atoms with Gasteiger partial charge in [-0.15, -0.1) is 0 Å². The Hall–Kier alpha value is -0.640. The molecule has 0 bridgehead atoms. The van der Waals surface area contributed by atoms with E-state index in [1.807, 2.05) is 43.3 Å². The molecule has 0 heterocycles. The van der Waals surface area contributed by atoms with Gasteiger partial charge in [0.25, 0.3) is 0 Å². The third-order valence-electron chi connectivity index (χ3n) is 3.30. The van der Waals surface area contributed by atoms with Crippen molar-refractivity contribution in [2.75, 3.05) is 0 Å². The van der Waals surface area contributed by atoms with E-state index in [0.29, 0.717) is 0 Å². The smallest absolute Gasteiger partial charge is 0.113 e. The average Bonchev–Trinajstić information content (AvgIpc) is 2.49. The van der Waals surface area contributed by atoms with Crippen LogP contribution in [0, 0.1) is 0 Å². The maximum Gasteiger partial charge on any atom is 0.113 e. The van der Waals surface area contributed by atoms with Crippen LogP contribution in [-0.4, -0.2) is 5.11 Å². The maximum atomic E-state index is 10.7. The Morgan fingerprint density at radius 1 is 0.882 bits per heavy atom. The van der Waals surface area contributed by atoms with Crippen molar-refractivity contribution in [2.24, 2.45) is 0 Å². The van der Waals surface area contributed by atoms with Gasteiger partial charge in [0.15, 0.2) is 0 Å². The molecule has 3 heteroatoms. The van der Waals surface area contributed by atoms with Gasteiger partial charge < -0.3 is 5.11 Å². The Labute approximate surface area is 117 Å². The van der Waals surface area contributed by atoms with E-state index in [2.05, 4.69) is 31.9 Å². The first-order chi connectivity index (χ1) is 8.00. The molecule has 2 aromatic rings. The molecule has 1 N–H and O–H groups in total. The van der Waals surface area contributed by atoms with Crippen molar-refractivity contribution < 1.29 is 5.11 Å². The van der Waals surface area contributed by atoms with Gasteiger partial charge in [-0.3, -0.25) is 0 Å². The highest BCUT2D eigenvalue weighted by molar-refractivity contribution is 9.10. The predicted octanol–water partition coefficient (Wildman–Crippen LogP) is 4.45. The molecule has 0 radical (unpaired) electrons. The van der Waals surface area contributed by atoms with Gasteiger partial charge in [-0.2, -0.15) is 0 Å². The molecule has 1 nitrogen and oxygen atoms in total.